The molecule has 0 aliphatic carbocycles. The molecule has 4 heteroatoms. The van der Waals surface area contributed by atoms with E-state index < -0.39 is 6.98 Å². The van der Waals surface area contributed by atoms with Crippen LogP contribution < -0.4 is 0 Å². The highest BCUT2D eigenvalue weighted by molar-refractivity contribution is 9.10. The molecule has 0 N–H and O–H groups in total. The third-order valence-corrected chi connectivity index (χ3v) is 2.00. The molecule has 0 bridgehead atoms. The van der Waals surface area contributed by atoms with Crippen LogP contribution in [-0.4, -0.2) is 9.78 Å². The monoisotopic (exact) mass is 202 g/mol. The van der Waals surface area contributed by atoms with Gasteiger partial charge in [0.15, 0.2) is 0 Å². The first kappa shape index (κ1) is 4.14. The Morgan fingerprint density at radius 2 is 2.60 bits per heavy atom. The van der Waals surface area contributed by atoms with Gasteiger partial charge in [0.25, 0.3) is 5.82 Å². The highest BCUT2D eigenvalue weighted by Crippen LogP contribution is 2.27. The van der Waals surface area contributed by atoms with Crippen LogP contribution in [0.2, 0.25) is 0 Å². The summed E-state index contributed by atoms with van der Waals surface area (Å²) in [6, 6.07) is 0. The van der Waals surface area contributed by atoms with Crippen molar-refractivity contribution in [3.8, 4) is 0 Å². The van der Waals surface area contributed by atoms with E-state index in [0.717, 1.165) is 4.68 Å². The van der Waals surface area contributed by atoms with Crippen molar-refractivity contribution in [1.29, 1.82) is 0 Å². The maximum Gasteiger partial charge on any atom is 0.266 e. The standard InChI is InChI=1S/C6H6BrN3/c1-4-5(7)6(8-2)10(3)9-4/h1,3H3/i3D3. The third kappa shape index (κ3) is 0.929. The lowest BCUT2D eigenvalue weighted by molar-refractivity contribution is 0.770. The summed E-state index contributed by atoms with van der Waals surface area (Å²) in [5.41, 5.74) is 0.502. The maximum absolute atomic E-state index is 7.10. The van der Waals surface area contributed by atoms with Gasteiger partial charge in [-0.3, -0.25) is 0 Å². The van der Waals surface area contributed by atoms with Gasteiger partial charge in [0, 0.05) is 0 Å². The molecule has 0 spiro atoms. The van der Waals surface area contributed by atoms with E-state index in [1.165, 1.54) is 0 Å². The van der Waals surface area contributed by atoms with Crippen LogP contribution in [0, 0.1) is 13.5 Å². The topological polar surface area (TPSA) is 22.2 Å². The Morgan fingerprint density at radius 3 is 3.00 bits per heavy atom. The second-order valence-corrected chi connectivity index (χ2v) is 2.54. The van der Waals surface area contributed by atoms with Crippen molar-refractivity contribution in [3.63, 3.8) is 0 Å². The molecule has 0 atom stereocenters. The summed E-state index contributed by atoms with van der Waals surface area (Å²) < 4.78 is 22.5. The zero-order valence-electron chi connectivity index (χ0n) is 8.22. The van der Waals surface area contributed by atoms with Gasteiger partial charge >= 0.3 is 0 Å². The number of hydrogen-bond donors (Lipinski definition) is 0. The Kier molecular flexibility index (Phi) is 1.01. The van der Waals surface area contributed by atoms with Gasteiger partial charge in [-0.2, -0.15) is 4.68 Å². The smallest absolute Gasteiger partial charge is 0.266 e. The number of rotatable bonds is 0. The van der Waals surface area contributed by atoms with Crippen LogP contribution in [0.25, 0.3) is 4.85 Å². The van der Waals surface area contributed by atoms with Crippen LogP contribution >= 0.6 is 15.9 Å². The van der Waals surface area contributed by atoms with Crippen molar-refractivity contribution in [3.05, 3.63) is 21.6 Å². The summed E-state index contributed by atoms with van der Waals surface area (Å²) in [5, 5.41) is 3.75. The van der Waals surface area contributed by atoms with E-state index in [4.69, 9.17) is 10.7 Å². The van der Waals surface area contributed by atoms with Crippen molar-refractivity contribution in [2.45, 2.75) is 6.92 Å². The van der Waals surface area contributed by atoms with E-state index in [1.807, 2.05) is 0 Å². The summed E-state index contributed by atoms with van der Waals surface area (Å²) in [6.07, 6.45) is 0. The molecule has 1 rings (SSSR count). The summed E-state index contributed by atoms with van der Waals surface area (Å²) in [6.45, 7) is 6.05. The minimum Gasteiger partial charge on any atom is -0.361 e. The second-order valence-electron chi connectivity index (χ2n) is 1.75. The molecule has 0 radical (unpaired) electrons. The van der Waals surface area contributed by atoms with Gasteiger partial charge in [-0.1, -0.05) is 22.5 Å². The second kappa shape index (κ2) is 2.43. The first-order chi connectivity index (χ1) is 5.88. The predicted molar refractivity (Wildman–Crippen MR) is 41.9 cm³/mol. The molecule has 52 valence electrons. The average Bonchev–Trinajstić information content (AvgIpc) is 2.28. The Morgan fingerprint density at radius 1 is 1.90 bits per heavy atom. The van der Waals surface area contributed by atoms with E-state index >= 15 is 0 Å². The number of hydrogen-bond acceptors (Lipinski definition) is 1. The van der Waals surface area contributed by atoms with Gasteiger partial charge in [0.05, 0.1) is 21.3 Å². The number of aromatic nitrogens is 2. The number of nitrogens with zero attached hydrogens (tertiary/aromatic N) is 3. The van der Waals surface area contributed by atoms with Crippen LogP contribution in [0.3, 0.4) is 0 Å². The maximum atomic E-state index is 7.10. The van der Waals surface area contributed by atoms with Crippen LogP contribution in [0.4, 0.5) is 5.82 Å². The highest BCUT2D eigenvalue weighted by atomic mass is 79.9. The Labute approximate surface area is 71.8 Å². The molecule has 0 saturated heterocycles. The Bertz CT molecular complexity index is 374. The minimum absolute atomic E-state index is 0.0116. The van der Waals surface area contributed by atoms with Crippen molar-refractivity contribution in [2.24, 2.45) is 6.98 Å². The van der Waals surface area contributed by atoms with E-state index in [2.05, 4.69) is 25.9 Å². The lowest BCUT2D eigenvalue weighted by Gasteiger charge is -1.86. The van der Waals surface area contributed by atoms with Crippen molar-refractivity contribution >= 4 is 21.7 Å². The summed E-state index contributed by atoms with van der Waals surface area (Å²) >= 11 is 3.11. The average molecular weight is 203 g/mol. The van der Waals surface area contributed by atoms with Crippen LogP contribution in [0.15, 0.2) is 4.47 Å². The molecule has 0 aliphatic rings. The number of halogens is 1. The SMILES string of the molecule is [2H]C([2H])([2H])n1nc(C)c(Br)c1[N+]#[C-]. The van der Waals surface area contributed by atoms with E-state index in [-0.39, 0.29) is 5.82 Å². The zero-order valence-corrected chi connectivity index (χ0v) is 6.81. The molecule has 0 aromatic carbocycles. The molecule has 0 unspecified atom stereocenters. The van der Waals surface area contributed by atoms with Gasteiger partial charge in [-0.05, 0) is 6.92 Å². The molecular weight excluding hydrogens is 194 g/mol. The summed E-state index contributed by atoms with van der Waals surface area (Å²) in [7, 11) is 0. The molecular formula is C6H6BrN3. The fourth-order valence-corrected chi connectivity index (χ4v) is 0.928. The Hall–Kier alpha value is -0.820. The van der Waals surface area contributed by atoms with Crippen LogP contribution in [-0.2, 0) is 6.98 Å². The van der Waals surface area contributed by atoms with Gasteiger partial charge in [0.1, 0.15) is 0 Å². The number of aryl methyl sites for hydroxylation is 2. The van der Waals surface area contributed by atoms with Crippen LogP contribution in [0.1, 0.15) is 9.81 Å². The molecule has 1 aromatic heterocycles. The van der Waals surface area contributed by atoms with E-state index in [0.29, 0.717) is 10.2 Å². The molecule has 1 heterocycles. The lowest BCUT2D eigenvalue weighted by atomic mass is 10.5. The molecule has 0 amide bonds. The minimum atomic E-state index is -2.39. The Balaban J connectivity index is 3.41. The van der Waals surface area contributed by atoms with Gasteiger partial charge in [0.2, 0.25) is 0 Å². The van der Waals surface area contributed by atoms with Gasteiger partial charge in [-0.15, -0.1) is 5.10 Å². The molecule has 1 aromatic rings. The van der Waals surface area contributed by atoms with E-state index in [1.54, 1.807) is 6.92 Å². The molecule has 3 nitrogen and oxygen atoms in total. The normalized spacial score (nSPS) is 15.1. The fraction of sp³-hybridized carbons (Fsp3) is 0.333. The predicted octanol–water partition coefficient (Wildman–Crippen LogP) is 2.04. The molecule has 0 fully saturated rings. The first-order valence-electron chi connectivity index (χ1n) is 4.01. The van der Waals surface area contributed by atoms with Gasteiger partial charge < -0.3 is 4.85 Å². The zero-order chi connectivity index (χ0) is 10.2. The highest BCUT2D eigenvalue weighted by Gasteiger charge is 2.09. The van der Waals surface area contributed by atoms with Gasteiger partial charge in [-0.25, -0.2) is 0 Å². The van der Waals surface area contributed by atoms with Crippen molar-refractivity contribution in [1.82, 2.24) is 9.78 Å². The molecule has 0 saturated carbocycles. The first-order valence-corrected chi connectivity index (χ1v) is 3.30. The molecule has 0 aliphatic heterocycles. The van der Waals surface area contributed by atoms with Crippen molar-refractivity contribution in [2.75, 3.05) is 0 Å². The quantitative estimate of drug-likeness (QED) is 0.591. The summed E-state index contributed by atoms with van der Waals surface area (Å²) in [5.74, 6) is 0.0116. The largest absolute Gasteiger partial charge is 0.361 e. The fourth-order valence-electron chi connectivity index (χ4n) is 0.592. The summed E-state index contributed by atoms with van der Waals surface area (Å²) in [4.78, 5) is 3.10. The lowest BCUT2D eigenvalue weighted by Crippen LogP contribution is -1.87. The third-order valence-electron chi connectivity index (χ3n) is 1.07. The van der Waals surface area contributed by atoms with Crippen LogP contribution in [0.5, 0.6) is 0 Å². The van der Waals surface area contributed by atoms with Crippen molar-refractivity contribution < 1.29 is 4.11 Å². The molecule has 10 heavy (non-hydrogen) atoms. The van der Waals surface area contributed by atoms with E-state index in [9.17, 15) is 0 Å².